The molecule has 0 amide bonds. The molecule has 7 heteroatoms. The molecule has 0 radical (unpaired) electrons. The maximum atomic E-state index is 11.9. The van der Waals surface area contributed by atoms with E-state index in [1.807, 2.05) is 6.07 Å². The average molecular weight is 283 g/mol. The van der Waals surface area contributed by atoms with Gasteiger partial charge in [0.15, 0.2) is 4.77 Å². The fourth-order valence-corrected chi connectivity index (χ4v) is 2.07. The number of aromatic amines is 1. The fourth-order valence-electron chi connectivity index (χ4n) is 1.77. The van der Waals surface area contributed by atoms with Crippen LogP contribution in [-0.4, -0.2) is 29.2 Å². The molecule has 0 bridgehead atoms. The number of alkyl halides is 2. The van der Waals surface area contributed by atoms with Crippen LogP contribution in [0.2, 0.25) is 0 Å². The predicted octanol–water partition coefficient (Wildman–Crippen LogP) is 2.85. The predicted molar refractivity (Wildman–Crippen MR) is 68.7 cm³/mol. The standard InChI is InChI=1S/C12H11F2N3OS/c13-11(14)7-18-4-3-17-10-5-8(6-15)1-2-9(10)16-12(17)19/h1-2,5,11H,3-4,7H2,(H,16,19). The number of ether oxygens (including phenoxy) is 1. The van der Waals surface area contributed by atoms with Crippen LogP contribution in [0, 0.1) is 16.1 Å². The van der Waals surface area contributed by atoms with E-state index in [-0.39, 0.29) is 6.61 Å². The number of nitrogens with zero attached hydrogens (tertiary/aromatic N) is 2. The quantitative estimate of drug-likeness (QED) is 0.678. The van der Waals surface area contributed by atoms with E-state index in [4.69, 9.17) is 22.2 Å². The Morgan fingerprint density at radius 2 is 2.26 bits per heavy atom. The van der Waals surface area contributed by atoms with E-state index < -0.39 is 13.0 Å². The lowest BCUT2D eigenvalue weighted by Crippen LogP contribution is -2.10. The summed E-state index contributed by atoms with van der Waals surface area (Å²) in [6, 6.07) is 7.20. The second kappa shape index (κ2) is 5.91. The van der Waals surface area contributed by atoms with Gasteiger partial charge in [-0.05, 0) is 30.4 Å². The molecule has 4 nitrogen and oxygen atoms in total. The van der Waals surface area contributed by atoms with Crippen LogP contribution in [0.3, 0.4) is 0 Å². The van der Waals surface area contributed by atoms with Gasteiger partial charge in [0.05, 0.1) is 29.3 Å². The fraction of sp³-hybridized carbons (Fsp3) is 0.333. The molecular formula is C12H11F2N3OS. The summed E-state index contributed by atoms with van der Waals surface area (Å²) in [5.41, 5.74) is 2.09. The number of nitriles is 1. The summed E-state index contributed by atoms with van der Waals surface area (Å²) in [6.07, 6.45) is -2.47. The van der Waals surface area contributed by atoms with Gasteiger partial charge in [-0.15, -0.1) is 0 Å². The lowest BCUT2D eigenvalue weighted by molar-refractivity contribution is 0.0149. The second-order valence-electron chi connectivity index (χ2n) is 3.89. The number of rotatable bonds is 5. The summed E-state index contributed by atoms with van der Waals surface area (Å²) in [4.78, 5) is 2.99. The molecule has 0 aliphatic rings. The molecule has 0 spiro atoms. The summed E-state index contributed by atoms with van der Waals surface area (Å²) in [7, 11) is 0. The molecular weight excluding hydrogens is 272 g/mol. The van der Waals surface area contributed by atoms with Crippen LogP contribution in [0.5, 0.6) is 0 Å². The van der Waals surface area contributed by atoms with E-state index in [9.17, 15) is 8.78 Å². The van der Waals surface area contributed by atoms with Crippen molar-refractivity contribution in [1.29, 1.82) is 5.26 Å². The van der Waals surface area contributed by atoms with Gasteiger partial charge in [-0.2, -0.15) is 5.26 Å². The number of hydrogen-bond acceptors (Lipinski definition) is 3. The summed E-state index contributed by atoms with van der Waals surface area (Å²) in [6.45, 7) is -0.0814. The molecule has 0 fully saturated rings. The SMILES string of the molecule is N#Cc1ccc2[nH]c(=S)n(CCOCC(F)F)c2c1. The van der Waals surface area contributed by atoms with E-state index in [1.54, 1.807) is 22.8 Å². The largest absolute Gasteiger partial charge is 0.374 e. The molecule has 2 rings (SSSR count). The lowest BCUT2D eigenvalue weighted by Gasteiger charge is -2.06. The number of nitrogens with one attached hydrogen (secondary N) is 1. The van der Waals surface area contributed by atoms with Crippen molar-refractivity contribution >= 4 is 23.3 Å². The van der Waals surface area contributed by atoms with E-state index in [0.29, 0.717) is 16.9 Å². The highest BCUT2D eigenvalue weighted by atomic mass is 32.1. The van der Waals surface area contributed by atoms with Gasteiger partial charge in [0, 0.05) is 6.54 Å². The zero-order valence-electron chi connectivity index (χ0n) is 9.90. The van der Waals surface area contributed by atoms with Crippen LogP contribution in [0.25, 0.3) is 11.0 Å². The third kappa shape index (κ3) is 3.16. The van der Waals surface area contributed by atoms with Gasteiger partial charge in [0.2, 0.25) is 0 Å². The minimum atomic E-state index is -2.47. The summed E-state index contributed by atoms with van der Waals surface area (Å²) >= 11 is 5.15. The van der Waals surface area contributed by atoms with Crippen molar-refractivity contribution in [3.05, 3.63) is 28.5 Å². The Labute approximate surface area is 113 Å². The maximum absolute atomic E-state index is 11.9. The van der Waals surface area contributed by atoms with Crippen molar-refractivity contribution in [2.45, 2.75) is 13.0 Å². The number of benzene rings is 1. The molecule has 0 saturated heterocycles. The summed E-state index contributed by atoms with van der Waals surface area (Å²) in [5, 5.41) is 8.87. The number of aromatic nitrogens is 2. The van der Waals surface area contributed by atoms with Gasteiger partial charge < -0.3 is 14.3 Å². The molecule has 0 unspecified atom stereocenters. The van der Waals surface area contributed by atoms with Crippen molar-refractivity contribution in [3.63, 3.8) is 0 Å². The van der Waals surface area contributed by atoms with Crippen molar-refractivity contribution in [3.8, 4) is 6.07 Å². The molecule has 0 saturated carbocycles. The first-order chi connectivity index (χ1) is 9.11. The minimum Gasteiger partial charge on any atom is -0.374 e. The molecule has 19 heavy (non-hydrogen) atoms. The van der Waals surface area contributed by atoms with Crippen LogP contribution in [0.15, 0.2) is 18.2 Å². The molecule has 2 aromatic rings. The van der Waals surface area contributed by atoms with Crippen LogP contribution >= 0.6 is 12.2 Å². The van der Waals surface area contributed by atoms with Gasteiger partial charge >= 0.3 is 0 Å². The third-order valence-corrected chi connectivity index (χ3v) is 2.93. The molecule has 0 aliphatic heterocycles. The number of hydrogen-bond donors (Lipinski definition) is 1. The van der Waals surface area contributed by atoms with Gasteiger partial charge in [-0.3, -0.25) is 0 Å². The zero-order chi connectivity index (χ0) is 13.8. The van der Waals surface area contributed by atoms with Gasteiger partial charge in [-0.1, -0.05) is 0 Å². The third-order valence-electron chi connectivity index (χ3n) is 2.61. The zero-order valence-corrected chi connectivity index (χ0v) is 10.7. The minimum absolute atomic E-state index is 0.141. The first-order valence-corrected chi connectivity index (χ1v) is 6.01. The molecule has 1 aromatic carbocycles. The topological polar surface area (TPSA) is 53.7 Å². The maximum Gasteiger partial charge on any atom is 0.261 e. The highest BCUT2D eigenvalue weighted by Gasteiger charge is 2.06. The van der Waals surface area contributed by atoms with Crippen molar-refractivity contribution in [1.82, 2.24) is 9.55 Å². The summed E-state index contributed by atoms with van der Waals surface area (Å²) in [5.74, 6) is 0. The Bertz CT molecular complexity index is 672. The number of fused-ring (bicyclic) bond motifs is 1. The molecule has 100 valence electrons. The first kappa shape index (κ1) is 13.6. The van der Waals surface area contributed by atoms with Gasteiger partial charge in [0.1, 0.15) is 6.61 Å². The van der Waals surface area contributed by atoms with Crippen LogP contribution in [0.1, 0.15) is 5.56 Å². The van der Waals surface area contributed by atoms with E-state index in [2.05, 4.69) is 4.98 Å². The van der Waals surface area contributed by atoms with E-state index >= 15 is 0 Å². The van der Waals surface area contributed by atoms with E-state index in [1.165, 1.54) is 0 Å². The van der Waals surface area contributed by atoms with Crippen LogP contribution in [0.4, 0.5) is 8.78 Å². The second-order valence-corrected chi connectivity index (χ2v) is 4.28. The molecule has 1 N–H and O–H groups in total. The Kier molecular flexibility index (Phi) is 4.24. The number of imidazole rings is 1. The Balaban J connectivity index is 2.20. The Hall–Kier alpha value is -1.78. The van der Waals surface area contributed by atoms with Crippen LogP contribution in [-0.2, 0) is 11.3 Å². The Morgan fingerprint density at radius 3 is 2.95 bits per heavy atom. The van der Waals surface area contributed by atoms with Crippen molar-refractivity contribution in [2.75, 3.05) is 13.2 Å². The monoisotopic (exact) mass is 283 g/mol. The normalized spacial score (nSPS) is 11.1. The molecule has 1 aromatic heterocycles. The van der Waals surface area contributed by atoms with Crippen LogP contribution < -0.4 is 0 Å². The van der Waals surface area contributed by atoms with Crippen molar-refractivity contribution in [2.24, 2.45) is 0 Å². The number of halogens is 2. The van der Waals surface area contributed by atoms with E-state index in [0.717, 1.165) is 11.0 Å². The van der Waals surface area contributed by atoms with Crippen molar-refractivity contribution < 1.29 is 13.5 Å². The van der Waals surface area contributed by atoms with Gasteiger partial charge in [-0.25, -0.2) is 8.78 Å². The Morgan fingerprint density at radius 1 is 1.47 bits per heavy atom. The van der Waals surface area contributed by atoms with Gasteiger partial charge in [0.25, 0.3) is 6.43 Å². The average Bonchev–Trinajstić information content (AvgIpc) is 2.69. The molecule has 0 aliphatic carbocycles. The smallest absolute Gasteiger partial charge is 0.261 e. The number of H-pyrrole nitrogens is 1. The lowest BCUT2D eigenvalue weighted by atomic mass is 10.2. The highest BCUT2D eigenvalue weighted by Crippen LogP contribution is 2.16. The first-order valence-electron chi connectivity index (χ1n) is 5.60. The summed E-state index contributed by atoms with van der Waals surface area (Å²) < 4.78 is 30.9. The highest BCUT2D eigenvalue weighted by molar-refractivity contribution is 7.71. The molecule has 0 atom stereocenters. The molecule has 1 heterocycles.